The van der Waals surface area contributed by atoms with E-state index in [1.54, 1.807) is 7.11 Å². The van der Waals surface area contributed by atoms with Crippen molar-refractivity contribution in [2.75, 3.05) is 27.4 Å². The highest BCUT2D eigenvalue weighted by atomic mass is 28.4. The van der Waals surface area contributed by atoms with Gasteiger partial charge in [0.05, 0.1) is 5.60 Å². The van der Waals surface area contributed by atoms with Gasteiger partial charge in [0.15, 0.2) is 0 Å². The Morgan fingerprint density at radius 2 is 1.69 bits per heavy atom. The normalized spacial score (nSPS) is 17.5. The monoisotopic (exact) mass is 205 g/mol. The third kappa shape index (κ3) is 6.21. The van der Waals surface area contributed by atoms with Crippen LogP contribution >= 0.6 is 0 Å². The number of nitrogens with zero attached hydrogens (tertiary/aromatic N) is 1. The molecule has 1 unspecified atom stereocenters. The molecule has 0 aromatic rings. The van der Waals surface area contributed by atoms with E-state index in [0.29, 0.717) is 0 Å². The topological polar surface area (TPSA) is 21.7 Å². The number of hydrogen-bond acceptors (Lipinski definition) is 3. The number of hydrogen-bond donors (Lipinski definition) is 0. The molecule has 0 aliphatic carbocycles. The zero-order valence-corrected chi connectivity index (χ0v) is 11.0. The van der Waals surface area contributed by atoms with Gasteiger partial charge in [0.25, 0.3) is 0 Å². The molecule has 3 nitrogen and oxygen atoms in total. The Balaban J connectivity index is 4.28. The second kappa shape index (κ2) is 4.55. The second-order valence-corrected chi connectivity index (χ2v) is 7.99. The van der Waals surface area contributed by atoms with E-state index in [9.17, 15) is 0 Å². The average Bonchev–Trinajstić information content (AvgIpc) is 1.81. The van der Waals surface area contributed by atoms with Crippen molar-refractivity contribution in [2.45, 2.75) is 32.9 Å². The molecule has 0 radical (unpaired) electrons. The van der Waals surface area contributed by atoms with Gasteiger partial charge in [-0.1, -0.05) is 0 Å². The summed E-state index contributed by atoms with van der Waals surface area (Å²) >= 11 is 0. The molecule has 0 fully saturated rings. The van der Waals surface area contributed by atoms with Gasteiger partial charge in [-0.25, -0.2) is 0 Å². The van der Waals surface area contributed by atoms with Crippen LogP contribution in [-0.4, -0.2) is 46.4 Å². The van der Waals surface area contributed by atoms with E-state index in [-0.39, 0.29) is 5.60 Å². The summed E-state index contributed by atoms with van der Waals surface area (Å²) in [5.41, 5.74) is -0.118. The largest absolute Gasteiger partial charge is 0.397 e. The van der Waals surface area contributed by atoms with Crippen LogP contribution in [0.2, 0.25) is 6.55 Å². The third-order valence-corrected chi connectivity index (χ3v) is 4.67. The molecule has 13 heavy (non-hydrogen) atoms. The Kier molecular flexibility index (Phi) is 4.58. The van der Waals surface area contributed by atoms with Crippen molar-refractivity contribution in [1.29, 1.82) is 0 Å². The molecular formula is C9H23NO2Si. The lowest BCUT2D eigenvalue weighted by atomic mass is 10.2. The van der Waals surface area contributed by atoms with Crippen LogP contribution in [0.5, 0.6) is 0 Å². The SMILES string of the molecule is CO[Si](C)(CN(C)C)OC(C)(C)C. The smallest absolute Gasteiger partial charge is 0.349 e. The summed E-state index contributed by atoms with van der Waals surface area (Å²) in [4.78, 5) is 2.11. The summed E-state index contributed by atoms with van der Waals surface area (Å²) in [6, 6.07) is 0. The minimum atomic E-state index is -2.00. The minimum absolute atomic E-state index is 0.118. The molecular weight excluding hydrogens is 182 g/mol. The van der Waals surface area contributed by atoms with E-state index in [0.717, 1.165) is 6.17 Å². The zero-order valence-electron chi connectivity index (χ0n) is 9.97. The van der Waals surface area contributed by atoms with Gasteiger partial charge in [-0.05, 0) is 41.4 Å². The molecule has 0 heterocycles. The van der Waals surface area contributed by atoms with Gasteiger partial charge in [-0.15, -0.1) is 0 Å². The fourth-order valence-corrected chi connectivity index (χ4v) is 4.08. The molecule has 1 atom stereocenters. The molecule has 80 valence electrons. The quantitative estimate of drug-likeness (QED) is 0.651. The van der Waals surface area contributed by atoms with Crippen LogP contribution in [0.1, 0.15) is 20.8 Å². The van der Waals surface area contributed by atoms with Crippen LogP contribution in [0.15, 0.2) is 0 Å². The van der Waals surface area contributed by atoms with Crippen molar-refractivity contribution < 1.29 is 8.85 Å². The van der Waals surface area contributed by atoms with Crippen LogP contribution < -0.4 is 0 Å². The van der Waals surface area contributed by atoms with Crippen molar-refractivity contribution in [1.82, 2.24) is 4.90 Å². The highest BCUT2D eigenvalue weighted by molar-refractivity contribution is 6.66. The van der Waals surface area contributed by atoms with Crippen LogP contribution in [0, 0.1) is 0 Å². The Morgan fingerprint density at radius 3 is 1.92 bits per heavy atom. The molecule has 0 aliphatic rings. The van der Waals surface area contributed by atoms with Gasteiger partial charge in [0.1, 0.15) is 0 Å². The molecule has 0 spiro atoms. The summed E-state index contributed by atoms with van der Waals surface area (Å²) in [5.74, 6) is 0. The molecule has 0 saturated carbocycles. The summed E-state index contributed by atoms with van der Waals surface area (Å²) in [6.07, 6.45) is 0.890. The highest BCUT2D eigenvalue weighted by Gasteiger charge is 2.35. The molecule has 0 N–H and O–H groups in total. The van der Waals surface area contributed by atoms with Gasteiger partial charge < -0.3 is 13.8 Å². The summed E-state index contributed by atoms with van der Waals surface area (Å²) in [5, 5.41) is 0. The van der Waals surface area contributed by atoms with Crippen molar-refractivity contribution in [3.8, 4) is 0 Å². The number of rotatable bonds is 4. The van der Waals surface area contributed by atoms with E-state index in [4.69, 9.17) is 8.85 Å². The van der Waals surface area contributed by atoms with Gasteiger partial charge in [-0.2, -0.15) is 0 Å². The summed E-state index contributed by atoms with van der Waals surface area (Å²) in [6.45, 7) is 8.28. The maximum atomic E-state index is 5.96. The Morgan fingerprint density at radius 1 is 1.23 bits per heavy atom. The first-order valence-corrected chi connectivity index (χ1v) is 7.11. The predicted octanol–water partition coefficient (Wildman–Crippen LogP) is 1.62. The van der Waals surface area contributed by atoms with Gasteiger partial charge in [0, 0.05) is 13.3 Å². The molecule has 0 amide bonds. The summed E-state index contributed by atoms with van der Waals surface area (Å²) < 4.78 is 11.5. The van der Waals surface area contributed by atoms with Gasteiger partial charge in [0.2, 0.25) is 0 Å². The minimum Gasteiger partial charge on any atom is -0.397 e. The standard InChI is InChI=1S/C9H23NO2Si/c1-9(2,3)12-13(7,11-6)8-10(4)5/h8H2,1-7H3. The molecule has 4 heteroatoms. The predicted molar refractivity (Wildman–Crippen MR) is 58.0 cm³/mol. The van der Waals surface area contributed by atoms with Crippen molar-refractivity contribution in [2.24, 2.45) is 0 Å². The first-order valence-electron chi connectivity index (χ1n) is 4.58. The van der Waals surface area contributed by atoms with Crippen molar-refractivity contribution in [3.63, 3.8) is 0 Å². The molecule has 0 aliphatic heterocycles. The van der Waals surface area contributed by atoms with Gasteiger partial charge in [-0.3, -0.25) is 0 Å². The van der Waals surface area contributed by atoms with E-state index in [2.05, 4.69) is 32.2 Å². The molecule has 0 bridgehead atoms. The van der Waals surface area contributed by atoms with Crippen LogP contribution in [0.3, 0.4) is 0 Å². The third-order valence-electron chi connectivity index (χ3n) is 1.56. The van der Waals surface area contributed by atoms with E-state index in [1.165, 1.54) is 0 Å². The lowest BCUT2D eigenvalue weighted by Crippen LogP contribution is -2.51. The molecule has 0 saturated heterocycles. The first kappa shape index (κ1) is 13.1. The van der Waals surface area contributed by atoms with Crippen molar-refractivity contribution >= 4 is 8.56 Å². The van der Waals surface area contributed by atoms with Crippen LogP contribution in [0.25, 0.3) is 0 Å². The molecule has 0 aromatic heterocycles. The maximum absolute atomic E-state index is 5.96. The van der Waals surface area contributed by atoms with E-state index >= 15 is 0 Å². The Hall–Kier alpha value is 0.0969. The average molecular weight is 205 g/mol. The Labute approximate surface area is 83.3 Å². The lowest BCUT2D eigenvalue weighted by molar-refractivity contribution is 0.0709. The fraction of sp³-hybridized carbons (Fsp3) is 1.00. The summed E-state index contributed by atoms with van der Waals surface area (Å²) in [7, 11) is 3.82. The van der Waals surface area contributed by atoms with Crippen LogP contribution in [0.4, 0.5) is 0 Å². The second-order valence-electron chi connectivity index (χ2n) is 4.79. The molecule has 0 rings (SSSR count). The lowest BCUT2D eigenvalue weighted by Gasteiger charge is -2.34. The van der Waals surface area contributed by atoms with Crippen LogP contribution in [-0.2, 0) is 8.85 Å². The maximum Gasteiger partial charge on any atom is 0.349 e. The van der Waals surface area contributed by atoms with E-state index in [1.807, 2.05) is 14.1 Å². The molecule has 0 aromatic carbocycles. The fourth-order valence-electron chi connectivity index (χ4n) is 1.36. The van der Waals surface area contributed by atoms with E-state index < -0.39 is 8.56 Å². The zero-order chi connectivity index (χ0) is 10.7. The Bertz CT molecular complexity index is 156. The van der Waals surface area contributed by atoms with Gasteiger partial charge >= 0.3 is 8.56 Å². The highest BCUT2D eigenvalue weighted by Crippen LogP contribution is 2.17. The van der Waals surface area contributed by atoms with Crippen molar-refractivity contribution in [3.05, 3.63) is 0 Å². The first-order chi connectivity index (χ1) is 5.68.